The van der Waals surface area contributed by atoms with Crippen LogP contribution in [0.3, 0.4) is 0 Å². The van der Waals surface area contributed by atoms with Crippen molar-refractivity contribution in [1.29, 1.82) is 0 Å². The van der Waals surface area contributed by atoms with Gasteiger partial charge in [-0.2, -0.15) is 5.10 Å². The van der Waals surface area contributed by atoms with Crippen LogP contribution in [-0.2, 0) is 7.05 Å². The van der Waals surface area contributed by atoms with Crippen LogP contribution < -0.4 is 5.73 Å². The molecular weight excluding hydrogens is 248 g/mol. The predicted octanol–water partition coefficient (Wildman–Crippen LogP) is 2.69. The minimum absolute atomic E-state index is 0.329. The van der Waals surface area contributed by atoms with E-state index in [-0.39, 0.29) is 0 Å². The second-order valence-electron chi connectivity index (χ2n) is 4.04. The Balaban J connectivity index is 2.19. The molecule has 6 heteroatoms. The zero-order valence-corrected chi connectivity index (χ0v) is 10.9. The monoisotopic (exact) mass is 260 g/mol. The zero-order chi connectivity index (χ0) is 12.7. The Bertz CT molecular complexity index is 662. The highest BCUT2D eigenvalue weighted by Gasteiger charge is 2.20. The summed E-state index contributed by atoms with van der Waals surface area (Å²) in [5.74, 6) is 0.329. The maximum Gasteiger partial charge on any atom is 0.231 e. The van der Waals surface area contributed by atoms with Gasteiger partial charge in [-0.3, -0.25) is 4.68 Å². The largest absolute Gasteiger partial charge is 0.367 e. The number of thiophene rings is 1. The van der Waals surface area contributed by atoms with Crippen LogP contribution in [0.25, 0.3) is 21.8 Å². The van der Waals surface area contributed by atoms with E-state index in [0.717, 1.165) is 21.8 Å². The minimum Gasteiger partial charge on any atom is -0.367 e. The Kier molecular flexibility index (Phi) is 2.45. The number of rotatable bonds is 2. The van der Waals surface area contributed by atoms with Crippen LogP contribution in [0.15, 0.2) is 28.1 Å². The molecule has 0 fully saturated rings. The lowest BCUT2D eigenvalue weighted by molar-refractivity contribution is 0.439. The van der Waals surface area contributed by atoms with Gasteiger partial charge in [-0.05, 0) is 24.4 Å². The number of nitrogen functional groups attached to an aromatic ring is 1. The lowest BCUT2D eigenvalue weighted by Crippen LogP contribution is -1.92. The molecule has 0 atom stereocenters. The number of nitrogens with two attached hydrogens (primary N) is 1. The van der Waals surface area contributed by atoms with Crippen molar-refractivity contribution in [3.8, 4) is 21.8 Å². The van der Waals surface area contributed by atoms with Crippen molar-refractivity contribution >= 4 is 17.2 Å². The molecule has 0 aliphatic carbocycles. The van der Waals surface area contributed by atoms with Gasteiger partial charge in [0.1, 0.15) is 11.4 Å². The summed E-state index contributed by atoms with van der Waals surface area (Å²) >= 11 is 1.60. The summed E-state index contributed by atoms with van der Waals surface area (Å²) in [5, 5.41) is 10.4. The van der Waals surface area contributed by atoms with Crippen LogP contribution in [0, 0.1) is 6.92 Å². The lowest BCUT2D eigenvalue weighted by atomic mass is 10.1. The molecule has 3 rings (SSSR count). The van der Waals surface area contributed by atoms with E-state index >= 15 is 0 Å². The molecule has 0 saturated carbocycles. The van der Waals surface area contributed by atoms with Crippen LogP contribution in [-0.4, -0.2) is 14.9 Å². The van der Waals surface area contributed by atoms with Crippen molar-refractivity contribution in [3.05, 3.63) is 29.3 Å². The standard InChI is InChI=1S/C12H12N4OS/c1-7-6-8(14-16(7)2)11-10(12(13)17-15-11)9-4-3-5-18-9/h3-6H,13H2,1-2H3. The molecule has 0 aromatic carbocycles. The Morgan fingerprint density at radius 3 is 2.89 bits per heavy atom. The summed E-state index contributed by atoms with van der Waals surface area (Å²) in [4.78, 5) is 1.03. The second-order valence-corrected chi connectivity index (χ2v) is 4.99. The van der Waals surface area contributed by atoms with Crippen LogP contribution in [0.1, 0.15) is 5.69 Å². The number of hydrogen-bond acceptors (Lipinski definition) is 5. The predicted molar refractivity (Wildman–Crippen MR) is 71.2 cm³/mol. The lowest BCUT2D eigenvalue weighted by Gasteiger charge is -1.95. The molecule has 18 heavy (non-hydrogen) atoms. The average molecular weight is 260 g/mol. The highest BCUT2D eigenvalue weighted by molar-refractivity contribution is 7.13. The summed E-state index contributed by atoms with van der Waals surface area (Å²) < 4.78 is 6.91. The normalized spacial score (nSPS) is 11.0. The van der Waals surface area contributed by atoms with Gasteiger partial charge in [0.25, 0.3) is 0 Å². The molecular formula is C12H12N4OS. The fourth-order valence-corrected chi connectivity index (χ4v) is 2.59. The first-order valence-corrected chi connectivity index (χ1v) is 6.35. The molecule has 0 amide bonds. The highest BCUT2D eigenvalue weighted by Crippen LogP contribution is 2.37. The fourth-order valence-electron chi connectivity index (χ4n) is 1.81. The quantitative estimate of drug-likeness (QED) is 0.769. The molecule has 0 aliphatic rings. The molecule has 0 radical (unpaired) electrons. The molecule has 3 aromatic rings. The third kappa shape index (κ3) is 1.62. The van der Waals surface area contributed by atoms with E-state index in [1.807, 2.05) is 37.6 Å². The van der Waals surface area contributed by atoms with Crippen LogP contribution in [0.4, 0.5) is 5.88 Å². The van der Waals surface area contributed by atoms with E-state index < -0.39 is 0 Å². The van der Waals surface area contributed by atoms with Crippen molar-refractivity contribution in [2.24, 2.45) is 7.05 Å². The van der Waals surface area contributed by atoms with Crippen molar-refractivity contribution in [2.45, 2.75) is 6.92 Å². The van der Waals surface area contributed by atoms with E-state index in [1.54, 1.807) is 16.0 Å². The molecule has 2 N–H and O–H groups in total. The Hall–Kier alpha value is -2.08. The van der Waals surface area contributed by atoms with Crippen LogP contribution in [0.5, 0.6) is 0 Å². The summed E-state index contributed by atoms with van der Waals surface area (Å²) in [7, 11) is 1.90. The smallest absolute Gasteiger partial charge is 0.231 e. The third-order valence-electron chi connectivity index (χ3n) is 2.84. The topological polar surface area (TPSA) is 69.9 Å². The van der Waals surface area contributed by atoms with Crippen molar-refractivity contribution in [2.75, 3.05) is 5.73 Å². The molecule has 0 spiro atoms. The number of aromatic nitrogens is 3. The number of hydrogen-bond donors (Lipinski definition) is 1. The summed E-state index contributed by atoms with van der Waals surface area (Å²) in [5.41, 5.74) is 9.21. The SMILES string of the molecule is Cc1cc(-c2noc(N)c2-c2cccs2)nn1C. The van der Waals surface area contributed by atoms with E-state index in [9.17, 15) is 0 Å². The van der Waals surface area contributed by atoms with Gasteiger partial charge in [-0.1, -0.05) is 11.2 Å². The summed E-state index contributed by atoms with van der Waals surface area (Å²) in [6, 6.07) is 5.93. The van der Waals surface area contributed by atoms with Crippen molar-refractivity contribution in [1.82, 2.24) is 14.9 Å². The second kappa shape index (κ2) is 3.99. The van der Waals surface area contributed by atoms with Gasteiger partial charge in [0.05, 0.1) is 5.56 Å². The number of nitrogens with zero attached hydrogens (tertiary/aromatic N) is 3. The van der Waals surface area contributed by atoms with E-state index in [4.69, 9.17) is 10.3 Å². The zero-order valence-electron chi connectivity index (χ0n) is 10.0. The van der Waals surface area contributed by atoms with Crippen molar-refractivity contribution < 1.29 is 4.52 Å². The average Bonchev–Trinajstić information content (AvgIpc) is 3.01. The third-order valence-corrected chi connectivity index (χ3v) is 3.73. The van der Waals surface area contributed by atoms with Gasteiger partial charge in [0.15, 0.2) is 0 Å². The maximum absolute atomic E-state index is 5.86. The summed E-state index contributed by atoms with van der Waals surface area (Å²) in [6.45, 7) is 1.99. The van der Waals surface area contributed by atoms with Gasteiger partial charge in [-0.15, -0.1) is 11.3 Å². The van der Waals surface area contributed by atoms with Crippen molar-refractivity contribution in [3.63, 3.8) is 0 Å². The molecule has 0 aliphatic heterocycles. The van der Waals surface area contributed by atoms with Gasteiger partial charge in [0, 0.05) is 17.6 Å². The first-order chi connectivity index (χ1) is 8.66. The van der Waals surface area contributed by atoms with Crippen LogP contribution >= 0.6 is 11.3 Å². The Morgan fingerprint density at radius 1 is 1.44 bits per heavy atom. The van der Waals surface area contributed by atoms with E-state index in [1.165, 1.54) is 0 Å². The van der Waals surface area contributed by atoms with E-state index in [0.29, 0.717) is 11.6 Å². The molecule has 3 aromatic heterocycles. The Labute approximate surface area is 108 Å². The minimum atomic E-state index is 0.329. The number of anilines is 1. The van der Waals surface area contributed by atoms with E-state index in [2.05, 4.69) is 10.3 Å². The fraction of sp³-hybridized carbons (Fsp3) is 0.167. The van der Waals surface area contributed by atoms with Gasteiger partial charge in [-0.25, -0.2) is 0 Å². The Morgan fingerprint density at radius 2 is 2.28 bits per heavy atom. The maximum atomic E-state index is 5.86. The molecule has 0 bridgehead atoms. The molecule has 0 unspecified atom stereocenters. The number of aryl methyl sites for hydroxylation is 2. The first-order valence-electron chi connectivity index (χ1n) is 5.47. The van der Waals surface area contributed by atoms with Gasteiger partial charge >= 0.3 is 0 Å². The molecule has 0 saturated heterocycles. The first kappa shape index (κ1) is 11.0. The van der Waals surface area contributed by atoms with Crippen LogP contribution in [0.2, 0.25) is 0 Å². The molecule has 3 heterocycles. The van der Waals surface area contributed by atoms with Gasteiger partial charge < -0.3 is 10.3 Å². The van der Waals surface area contributed by atoms with Gasteiger partial charge in [0.2, 0.25) is 5.88 Å². The molecule has 92 valence electrons. The molecule has 5 nitrogen and oxygen atoms in total. The summed E-state index contributed by atoms with van der Waals surface area (Å²) in [6.07, 6.45) is 0. The highest BCUT2D eigenvalue weighted by atomic mass is 32.1.